The van der Waals surface area contributed by atoms with E-state index >= 15 is 0 Å². The first-order valence-corrected chi connectivity index (χ1v) is 8.60. The predicted octanol–water partition coefficient (Wildman–Crippen LogP) is 1.76. The van der Waals surface area contributed by atoms with Crippen LogP contribution in [0.1, 0.15) is 18.4 Å². The second-order valence-electron chi connectivity index (χ2n) is 7.19. The fourth-order valence-corrected chi connectivity index (χ4v) is 4.15. The highest BCUT2D eigenvalue weighted by Crippen LogP contribution is 2.42. The molecule has 0 saturated carbocycles. The molecule has 2 atom stereocenters. The van der Waals surface area contributed by atoms with E-state index in [1.165, 1.54) is 12.1 Å². The fourth-order valence-electron chi connectivity index (χ4n) is 4.15. The fraction of sp³-hybridized carbons (Fsp3) is 0.556. The van der Waals surface area contributed by atoms with Crippen molar-refractivity contribution in [3.63, 3.8) is 0 Å². The maximum absolute atomic E-state index is 13.2. The molecule has 0 aliphatic carbocycles. The Kier molecular flexibility index (Phi) is 4.94. The molecule has 0 radical (unpaired) electrons. The van der Waals surface area contributed by atoms with E-state index < -0.39 is 11.4 Å². The molecular formula is C18H24FN3O3. The van der Waals surface area contributed by atoms with Gasteiger partial charge in [0.05, 0.1) is 5.41 Å². The Morgan fingerprint density at radius 2 is 2.20 bits per heavy atom. The molecule has 0 bridgehead atoms. The van der Waals surface area contributed by atoms with Crippen molar-refractivity contribution in [2.24, 2.45) is 11.3 Å². The number of hydrogen-bond acceptors (Lipinski definition) is 3. The van der Waals surface area contributed by atoms with Crippen LogP contribution in [0.2, 0.25) is 0 Å². The molecule has 0 aromatic heterocycles. The number of nitrogens with zero attached hydrogens (tertiary/aromatic N) is 2. The van der Waals surface area contributed by atoms with Gasteiger partial charge in [-0.25, -0.2) is 9.18 Å². The number of carbonyl (C=O) groups excluding carboxylic acids is 1. The summed E-state index contributed by atoms with van der Waals surface area (Å²) >= 11 is 0. The number of halogens is 1. The number of hydrogen-bond donors (Lipinski definition) is 2. The summed E-state index contributed by atoms with van der Waals surface area (Å²) in [7, 11) is 1.92. The first kappa shape index (κ1) is 17.7. The molecule has 3 rings (SSSR count). The Balaban J connectivity index is 1.65. The lowest BCUT2D eigenvalue weighted by atomic mass is 9.75. The molecule has 2 aliphatic heterocycles. The third-order valence-electron chi connectivity index (χ3n) is 5.40. The van der Waals surface area contributed by atoms with Gasteiger partial charge in [-0.15, -0.1) is 0 Å². The number of fused-ring (bicyclic) bond motifs is 1. The van der Waals surface area contributed by atoms with Crippen LogP contribution in [0.25, 0.3) is 0 Å². The number of benzene rings is 1. The highest BCUT2D eigenvalue weighted by atomic mass is 19.1. The Hall–Kier alpha value is -2.15. The van der Waals surface area contributed by atoms with Crippen LogP contribution in [0, 0.1) is 17.2 Å². The van der Waals surface area contributed by atoms with Crippen LogP contribution in [0.4, 0.5) is 9.18 Å². The van der Waals surface area contributed by atoms with Crippen molar-refractivity contribution >= 4 is 12.0 Å². The zero-order valence-corrected chi connectivity index (χ0v) is 14.4. The molecule has 2 heterocycles. The minimum Gasteiger partial charge on any atom is -0.481 e. The molecule has 0 unspecified atom stereocenters. The molecule has 6 nitrogen and oxygen atoms in total. The lowest BCUT2D eigenvalue weighted by Crippen LogP contribution is -2.45. The summed E-state index contributed by atoms with van der Waals surface area (Å²) < 4.78 is 13.2. The van der Waals surface area contributed by atoms with Crippen molar-refractivity contribution < 1.29 is 19.1 Å². The van der Waals surface area contributed by atoms with Gasteiger partial charge in [0, 0.05) is 38.6 Å². The van der Waals surface area contributed by atoms with Gasteiger partial charge in [-0.2, -0.15) is 0 Å². The van der Waals surface area contributed by atoms with Crippen molar-refractivity contribution in [2.45, 2.75) is 19.4 Å². The van der Waals surface area contributed by atoms with E-state index in [-0.39, 0.29) is 24.3 Å². The third kappa shape index (κ3) is 3.61. The van der Waals surface area contributed by atoms with Crippen LogP contribution in [0.5, 0.6) is 0 Å². The van der Waals surface area contributed by atoms with Gasteiger partial charge in [-0.3, -0.25) is 4.79 Å². The van der Waals surface area contributed by atoms with Gasteiger partial charge in [-0.1, -0.05) is 12.1 Å². The monoisotopic (exact) mass is 349 g/mol. The quantitative estimate of drug-likeness (QED) is 0.872. The van der Waals surface area contributed by atoms with Gasteiger partial charge in [0.1, 0.15) is 5.82 Å². The summed E-state index contributed by atoms with van der Waals surface area (Å²) in [6.07, 6.45) is 1.26. The van der Waals surface area contributed by atoms with E-state index in [0.717, 1.165) is 0 Å². The van der Waals surface area contributed by atoms with Crippen molar-refractivity contribution in [3.8, 4) is 0 Å². The zero-order chi connectivity index (χ0) is 18.0. The Bertz CT molecular complexity index is 669. The molecule has 2 N–H and O–H groups in total. The number of urea groups is 1. The van der Waals surface area contributed by atoms with Gasteiger partial charge >= 0.3 is 12.0 Å². The van der Waals surface area contributed by atoms with Gasteiger partial charge in [-0.05, 0) is 37.6 Å². The van der Waals surface area contributed by atoms with E-state index in [2.05, 4.69) is 5.32 Å². The predicted molar refractivity (Wildman–Crippen MR) is 90.5 cm³/mol. The van der Waals surface area contributed by atoms with E-state index in [4.69, 9.17) is 0 Å². The minimum absolute atomic E-state index is 0.0718. The van der Waals surface area contributed by atoms with Gasteiger partial charge in [0.2, 0.25) is 0 Å². The average molecular weight is 349 g/mol. The van der Waals surface area contributed by atoms with Crippen molar-refractivity contribution in [1.82, 2.24) is 15.1 Å². The SMILES string of the molecule is CN1C[C@@H]2CN(C(=O)NCc3cccc(F)c3)CCC[C@]2(C(=O)O)C1. The van der Waals surface area contributed by atoms with Gasteiger partial charge in [0.15, 0.2) is 0 Å². The molecule has 2 aliphatic rings. The average Bonchev–Trinajstić information content (AvgIpc) is 2.77. The molecule has 25 heavy (non-hydrogen) atoms. The van der Waals surface area contributed by atoms with Gasteiger partial charge < -0.3 is 20.2 Å². The van der Waals surface area contributed by atoms with Crippen LogP contribution < -0.4 is 5.32 Å². The van der Waals surface area contributed by atoms with Crippen molar-refractivity contribution in [3.05, 3.63) is 35.6 Å². The molecule has 2 amide bonds. The van der Waals surface area contributed by atoms with Crippen molar-refractivity contribution in [1.29, 1.82) is 0 Å². The molecule has 1 aromatic carbocycles. The van der Waals surface area contributed by atoms with Crippen LogP contribution in [0.3, 0.4) is 0 Å². The van der Waals surface area contributed by atoms with E-state index in [0.29, 0.717) is 44.6 Å². The number of carboxylic acids is 1. The number of nitrogens with one attached hydrogen (secondary N) is 1. The second-order valence-corrected chi connectivity index (χ2v) is 7.19. The number of rotatable bonds is 3. The Morgan fingerprint density at radius 1 is 1.40 bits per heavy atom. The number of carbonyl (C=O) groups is 2. The summed E-state index contributed by atoms with van der Waals surface area (Å²) in [6.45, 7) is 2.45. The molecule has 0 spiro atoms. The van der Waals surface area contributed by atoms with Crippen LogP contribution in [-0.4, -0.2) is 60.1 Å². The summed E-state index contributed by atoms with van der Waals surface area (Å²) in [6, 6.07) is 5.90. The number of aliphatic carboxylic acids is 1. The zero-order valence-electron chi connectivity index (χ0n) is 14.4. The van der Waals surface area contributed by atoms with Crippen LogP contribution in [0.15, 0.2) is 24.3 Å². The Labute approximate surface area is 146 Å². The minimum atomic E-state index is -0.760. The Morgan fingerprint density at radius 3 is 2.92 bits per heavy atom. The lowest BCUT2D eigenvalue weighted by Gasteiger charge is -2.29. The van der Waals surface area contributed by atoms with E-state index in [1.807, 2.05) is 11.9 Å². The molecule has 7 heteroatoms. The molecular weight excluding hydrogens is 325 g/mol. The van der Waals surface area contributed by atoms with Crippen molar-refractivity contribution in [2.75, 3.05) is 33.2 Å². The van der Waals surface area contributed by atoms with E-state index in [1.54, 1.807) is 17.0 Å². The summed E-state index contributed by atoms with van der Waals surface area (Å²) in [5, 5.41) is 12.6. The highest BCUT2D eigenvalue weighted by molar-refractivity contribution is 5.77. The summed E-state index contributed by atoms with van der Waals surface area (Å²) in [5.41, 5.74) is -0.0598. The molecule has 2 fully saturated rings. The topological polar surface area (TPSA) is 72.9 Å². The molecule has 1 aromatic rings. The molecule has 2 saturated heterocycles. The first-order chi connectivity index (χ1) is 11.9. The van der Waals surface area contributed by atoms with Gasteiger partial charge in [0.25, 0.3) is 0 Å². The number of likely N-dealkylation sites (tertiary alicyclic amines) is 2. The highest BCUT2D eigenvalue weighted by Gasteiger charge is 2.52. The number of amides is 2. The van der Waals surface area contributed by atoms with Crippen LogP contribution in [-0.2, 0) is 11.3 Å². The number of carboxylic acid groups (broad SMARTS) is 1. The van der Waals surface area contributed by atoms with E-state index in [9.17, 15) is 19.1 Å². The largest absolute Gasteiger partial charge is 0.481 e. The normalized spacial score (nSPS) is 26.8. The molecule has 136 valence electrons. The smallest absolute Gasteiger partial charge is 0.317 e. The second kappa shape index (κ2) is 7.00. The first-order valence-electron chi connectivity index (χ1n) is 8.60. The standard InChI is InChI=1S/C18H24FN3O3/c1-21-10-14-11-22(7-3-6-18(14,12-21)16(23)24)17(25)20-9-13-4-2-5-15(19)8-13/h2,4-5,8,14H,3,6-7,9-12H2,1H3,(H,20,25)(H,23,24)/t14-,18+/m1/s1. The lowest BCUT2D eigenvalue weighted by molar-refractivity contribution is -0.150. The maximum Gasteiger partial charge on any atom is 0.317 e. The summed E-state index contributed by atoms with van der Waals surface area (Å²) in [4.78, 5) is 28.1. The van der Waals surface area contributed by atoms with Crippen LogP contribution >= 0.6 is 0 Å². The third-order valence-corrected chi connectivity index (χ3v) is 5.40. The maximum atomic E-state index is 13.2. The summed E-state index contributed by atoms with van der Waals surface area (Å²) in [5.74, 6) is -1.16.